The van der Waals surface area contributed by atoms with E-state index in [1.165, 1.54) is 11.1 Å². The van der Waals surface area contributed by atoms with Crippen LogP contribution in [-0.2, 0) is 6.42 Å². The zero-order chi connectivity index (χ0) is 9.52. The summed E-state index contributed by atoms with van der Waals surface area (Å²) in [6.07, 6.45) is 8.28. The Morgan fingerprint density at radius 2 is 1.92 bits per heavy atom. The number of aryl methyl sites for hydroxylation is 1. The van der Waals surface area contributed by atoms with Gasteiger partial charge in [-0.05, 0) is 30.9 Å². The first-order valence-corrected chi connectivity index (χ1v) is 4.69. The molecule has 13 heavy (non-hydrogen) atoms. The fourth-order valence-electron chi connectivity index (χ4n) is 1.26. The van der Waals surface area contributed by atoms with E-state index in [1.54, 1.807) is 0 Å². The summed E-state index contributed by atoms with van der Waals surface area (Å²) in [4.78, 5) is 0. The van der Waals surface area contributed by atoms with Crippen LogP contribution in [0.25, 0.3) is 6.08 Å². The van der Waals surface area contributed by atoms with E-state index < -0.39 is 0 Å². The Morgan fingerprint density at radius 3 is 2.46 bits per heavy atom. The van der Waals surface area contributed by atoms with Gasteiger partial charge >= 0.3 is 0 Å². The smallest absolute Gasteiger partial charge is 0.0244 e. The van der Waals surface area contributed by atoms with Gasteiger partial charge in [0.05, 0.1) is 0 Å². The van der Waals surface area contributed by atoms with Gasteiger partial charge in [-0.2, -0.15) is 0 Å². The number of rotatable bonds is 4. The maximum atomic E-state index is 3.71. The predicted molar refractivity (Wildman–Crippen MR) is 59.7 cm³/mol. The average Bonchev–Trinajstić information content (AvgIpc) is 2.17. The molecule has 0 aliphatic heterocycles. The topological polar surface area (TPSA) is 0 Å². The van der Waals surface area contributed by atoms with Gasteiger partial charge < -0.3 is 0 Å². The summed E-state index contributed by atoms with van der Waals surface area (Å²) in [7, 11) is 0. The van der Waals surface area contributed by atoms with Gasteiger partial charge in [0.1, 0.15) is 0 Å². The fourth-order valence-corrected chi connectivity index (χ4v) is 1.26. The van der Waals surface area contributed by atoms with Crippen molar-refractivity contribution in [1.82, 2.24) is 0 Å². The molecule has 0 saturated heterocycles. The summed E-state index contributed by atoms with van der Waals surface area (Å²) in [5.74, 6) is 0. The minimum Gasteiger partial charge on any atom is -0.103 e. The molecule has 68 valence electrons. The van der Waals surface area contributed by atoms with Crippen LogP contribution in [0.2, 0.25) is 0 Å². The van der Waals surface area contributed by atoms with E-state index in [-0.39, 0.29) is 0 Å². The molecule has 0 fully saturated rings. The lowest BCUT2D eigenvalue weighted by molar-refractivity contribution is 1.00. The predicted octanol–water partition coefficient (Wildman–Crippen LogP) is 3.84. The maximum Gasteiger partial charge on any atom is -0.0244 e. The van der Waals surface area contributed by atoms with Crippen molar-refractivity contribution in [3.05, 3.63) is 54.1 Å². The van der Waals surface area contributed by atoms with Crippen molar-refractivity contribution in [2.45, 2.75) is 19.8 Å². The quantitative estimate of drug-likeness (QED) is 0.605. The number of hydrogen-bond donors (Lipinski definition) is 0. The molecule has 0 amide bonds. The maximum absolute atomic E-state index is 3.71. The molecule has 0 aliphatic rings. The van der Waals surface area contributed by atoms with Crippen LogP contribution in [0.15, 0.2) is 43.0 Å². The van der Waals surface area contributed by atoms with E-state index in [0.717, 1.165) is 12.8 Å². The van der Waals surface area contributed by atoms with Crippen molar-refractivity contribution in [1.29, 1.82) is 0 Å². The molecule has 0 N–H and O–H groups in total. The molecule has 0 radical (unpaired) electrons. The van der Waals surface area contributed by atoms with Crippen molar-refractivity contribution in [3.8, 4) is 0 Å². The highest BCUT2D eigenvalue weighted by Crippen LogP contribution is 2.08. The lowest BCUT2D eigenvalue weighted by Crippen LogP contribution is -1.82. The highest BCUT2D eigenvalue weighted by Gasteiger charge is 1.90. The van der Waals surface area contributed by atoms with Gasteiger partial charge in [0.2, 0.25) is 0 Å². The van der Waals surface area contributed by atoms with Gasteiger partial charge in [-0.3, -0.25) is 0 Å². The molecule has 0 heterocycles. The van der Waals surface area contributed by atoms with Crippen molar-refractivity contribution < 1.29 is 0 Å². The molecule has 0 aromatic heterocycles. The Morgan fingerprint density at radius 1 is 1.23 bits per heavy atom. The molecule has 0 atom stereocenters. The number of hydrogen-bond acceptors (Lipinski definition) is 0. The minimum absolute atomic E-state index is 1.06. The van der Waals surface area contributed by atoms with Crippen molar-refractivity contribution in [2.75, 3.05) is 0 Å². The lowest BCUT2D eigenvalue weighted by Gasteiger charge is -1.98. The first-order valence-electron chi connectivity index (χ1n) is 4.69. The highest BCUT2D eigenvalue weighted by molar-refractivity contribution is 5.49. The van der Waals surface area contributed by atoms with E-state index in [2.05, 4.69) is 43.0 Å². The standard InChI is InChI=1S/C13H16/c1-3-5-7-13-10-8-12(6-4-2)9-11-13/h3-4,6,8-11H,1,5,7H2,2H3. The minimum atomic E-state index is 1.06. The Hall–Kier alpha value is -1.30. The highest BCUT2D eigenvalue weighted by atomic mass is 14.0. The summed E-state index contributed by atoms with van der Waals surface area (Å²) in [6, 6.07) is 8.66. The van der Waals surface area contributed by atoms with Gasteiger partial charge in [0.15, 0.2) is 0 Å². The van der Waals surface area contributed by atoms with Crippen LogP contribution in [-0.4, -0.2) is 0 Å². The van der Waals surface area contributed by atoms with Gasteiger partial charge in [-0.1, -0.05) is 42.5 Å². The summed E-state index contributed by atoms with van der Waals surface area (Å²) < 4.78 is 0. The third-order valence-electron chi connectivity index (χ3n) is 1.98. The first kappa shape index (κ1) is 9.79. The summed E-state index contributed by atoms with van der Waals surface area (Å²) in [5.41, 5.74) is 2.65. The van der Waals surface area contributed by atoms with Crippen LogP contribution in [0.1, 0.15) is 24.5 Å². The molecule has 0 nitrogen and oxygen atoms in total. The van der Waals surface area contributed by atoms with Crippen molar-refractivity contribution >= 4 is 6.08 Å². The Labute approximate surface area is 80.6 Å². The first-order chi connectivity index (χ1) is 6.36. The van der Waals surface area contributed by atoms with Crippen LogP contribution >= 0.6 is 0 Å². The Kier molecular flexibility index (Phi) is 4.04. The second-order valence-electron chi connectivity index (χ2n) is 3.07. The van der Waals surface area contributed by atoms with Crippen molar-refractivity contribution in [2.24, 2.45) is 0 Å². The summed E-state index contributed by atoms with van der Waals surface area (Å²) >= 11 is 0. The molecular formula is C13H16. The third-order valence-corrected chi connectivity index (χ3v) is 1.98. The molecule has 1 rings (SSSR count). The molecular weight excluding hydrogens is 156 g/mol. The van der Waals surface area contributed by atoms with E-state index in [9.17, 15) is 0 Å². The molecule has 0 saturated carbocycles. The van der Waals surface area contributed by atoms with E-state index in [0.29, 0.717) is 0 Å². The SMILES string of the molecule is C=CCCc1ccc(C=CC)cc1. The average molecular weight is 172 g/mol. The van der Waals surface area contributed by atoms with Crippen LogP contribution in [0.3, 0.4) is 0 Å². The summed E-state index contributed by atoms with van der Waals surface area (Å²) in [5, 5.41) is 0. The van der Waals surface area contributed by atoms with E-state index >= 15 is 0 Å². The number of benzene rings is 1. The lowest BCUT2D eigenvalue weighted by atomic mass is 10.1. The van der Waals surface area contributed by atoms with Crippen LogP contribution in [0.5, 0.6) is 0 Å². The largest absolute Gasteiger partial charge is 0.103 e. The molecule has 0 bridgehead atoms. The van der Waals surface area contributed by atoms with Gasteiger partial charge in [-0.15, -0.1) is 6.58 Å². The molecule has 1 aromatic rings. The second kappa shape index (κ2) is 5.36. The van der Waals surface area contributed by atoms with Gasteiger partial charge in [0.25, 0.3) is 0 Å². The van der Waals surface area contributed by atoms with Crippen LogP contribution in [0.4, 0.5) is 0 Å². The number of allylic oxidation sites excluding steroid dienone is 2. The molecule has 1 aromatic carbocycles. The molecule has 0 heteroatoms. The van der Waals surface area contributed by atoms with Gasteiger partial charge in [0, 0.05) is 0 Å². The molecule has 0 unspecified atom stereocenters. The summed E-state index contributed by atoms with van der Waals surface area (Å²) in [6.45, 7) is 5.74. The van der Waals surface area contributed by atoms with Gasteiger partial charge in [-0.25, -0.2) is 0 Å². The molecule has 0 aliphatic carbocycles. The Balaban J connectivity index is 2.63. The normalized spacial score (nSPS) is 10.5. The van der Waals surface area contributed by atoms with E-state index in [1.807, 2.05) is 13.0 Å². The van der Waals surface area contributed by atoms with Crippen molar-refractivity contribution in [3.63, 3.8) is 0 Å². The third kappa shape index (κ3) is 3.29. The van der Waals surface area contributed by atoms with Crippen LogP contribution in [0, 0.1) is 0 Å². The zero-order valence-corrected chi connectivity index (χ0v) is 8.16. The van der Waals surface area contributed by atoms with Crippen LogP contribution < -0.4 is 0 Å². The van der Waals surface area contributed by atoms with E-state index in [4.69, 9.17) is 0 Å². The zero-order valence-electron chi connectivity index (χ0n) is 8.16. The monoisotopic (exact) mass is 172 g/mol. The second-order valence-corrected chi connectivity index (χ2v) is 3.07. The molecule has 0 spiro atoms. The fraction of sp³-hybridized carbons (Fsp3) is 0.231. The Bertz CT molecular complexity index is 277.